The van der Waals surface area contributed by atoms with Gasteiger partial charge in [0.1, 0.15) is 5.02 Å². The maximum Gasteiger partial charge on any atom is 0.289 e. The Labute approximate surface area is 142 Å². The van der Waals surface area contributed by atoms with Crippen molar-refractivity contribution in [1.29, 1.82) is 0 Å². The molecule has 6 nitrogen and oxygen atoms in total. The minimum Gasteiger partial charge on any atom is -0.274 e. The van der Waals surface area contributed by atoms with Crippen LogP contribution in [0.3, 0.4) is 0 Å². The molecule has 1 saturated heterocycles. The van der Waals surface area contributed by atoms with Gasteiger partial charge < -0.3 is 0 Å². The highest BCUT2D eigenvalue weighted by Crippen LogP contribution is 2.73. The van der Waals surface area contributed by atoms with Crippen LogP contribution in [0.2, 0.25) is 5.02 Å². The molecule has 5 rings (SSSR count). The topological polar surface area (TPSA) is 80.5 Å². The van der Waals surface area contributed by atoms with Gasteiger partial charge in [0.2, 0.25) is 11.8 Å². The van der Waals surface area contributed by atoms with E-state index in [1.807, 2.05) is 0 Å². The molecule has 0 unspecified atom stereocenters. The molecule has 0 radical (unpaired) electrons. The molecular formula is C17H13ClN2O4. The summed E-state index contributed by atoms with van der Waals surface area (Å²) in [6, 6.07) is 4.06. The Balaban J connectivity index is 1.56. The van der Waals surface area contributed by atoms with Crippen LogP contribution in [0.1, 0.15) is 12.8 Å². The summed E-state index contributed by atoms with van der Waals surface area (Å²) >= 11 is 5.83. The van der Waals surface area contributed by atoms with Gasteiger partial charge in [0.15, 0.2) is 0 Å². The Morgan fingerprint density at radius 2 is 1.71 bits per heavy atom. The van der Waals surface area contributed by atoms with E-state index in [-0.39, 0.29) is 57.3 Å². The van der Waals surface area contributed by atoms with Crippen molar-refractivity contribution in [3.8, 4) is 0 Å². The molecule has 0 N–H and O–H groups in total. The van der Waals surface area contributed by atoms with E-state index in [4.69, 9.17) is 11.6 Å². The number of hydrogen-bond donors (Lipinski definition) is 0. The second-order valence-corrected chi connectivity index (χ2v) is 7.53. The lowest BCUT2D eigenvalue weighted by Gasteiger charge is -2.21. The van der Waals surface area contributed by atoms with Gasteiger partial charge in [0.05, 0.1) is 22.4 Å². The fourth-order valence-corrected chi connectivity index (χ4v) is 5.30. The molecule has 4 atom stereocenters. The van der Waals surface area contributed by atoms with Crippen LogP contribution in [0.4, 0.5) is 11.4 Å². The number of fused-ring (bicyclic) bond motifs is 3. The van der Waals surface area contributed by atoms with E-state index in [2.05, 4.69) is 12.2 Å². The number of carbonyl (C=O) groups is 2. The maximum absolute atomic E-state index is 12.9. The van der Waals surface area contributed by atoms with Gasteiger partial charge in [0, 0.05) is 6.07 Å². The molecular weight excluding hydrogens is 332 g/mol. The first-order valence-electron chi connectivity index (χ1n) is 7.96. The van der Waals surface area contributed by atoms with Crippen LogP contribution in [0.5, 0.6) is 0 Å². The number of nitro groups is 1. The fraction of sp³-hybridized carbons (Fsp3) is 0.412. The number of rotatable bonds is 2. The third-order valence-corrected chi connectivity index (χ3v) is 6.56. The number of allylic oxidation sites excluding steroid dienone is 2. The average Bonchev–Trinajstić information content (AvgIpc) is 3.14. The number of anilines is 1. The molecule has 1 aromatic rings. The zero-order valence-corrected chi connectivity index (χ0v) is 13.3. The molecule has 1 aromatic carbocycles. The lowest BCUT2D eigenvalue weighted by molar-refractivity contribution is -0.384. The van der Waals surface area contributed by atoms with Crippen molar-refractivity contribution in [3.63, 3.8) is 0 Å². The first-order valence-corrected chi connectivity index (χ1v) is 8.33. The van der Waals surface area contributed by atoms with Crippen LogP contribution in [-0.4, -0.2) is 16.7 Å². The van der Waals surface area contributed by atoms with E-state index in [1.165, 1.54) is 18.2 Å². The van der Waals surface area contributed by atoms with Gasteiger partial charge in [-0.1, -0.05) is 23.8 Å². The Bertz CT molecular complexity index is 826. The van der Waals surface area contributed by atoms with Crippen LogP contribution in [0.15, 0.2) is 30.4 Å². The van der Waals surface area contributed by atoms with Crippen molar-refractivity contribution in [2.24, 2.45) is 29.1 Å². The van der Waals surface area contributed by atoms with Crippen molar-refractivity contribution in [2.45, 2.75) is 12.8 Å². The Morgan fingerprint density at radius 3 is 2.21 bits per heavy atom. The summed E-state index contributed by atoms with van der Waals surface area (Å²) in [5.41, 5.74) is 0.0741. The number of imide groups is 1. The molecule has 0 aromatic heterocycles. The van der Waals surface area contributed by atoms with Crippen LogP contribution in [0.25, 0.3) is 0 Å². The van der Waals surface area contributed by atoms with Crippen molar-refractivity contribution >= 4 is 34.8 Å². The second-order valence-electron chi connectivity index (χ2n) is 7.13. The summed E-state index contributed by atoms with van der Waals surface area (Å²) in [5.74, 6) is -0.823. The molecule has 2 bridgehead atoms. The minimum atomic E-state index is -0.609. The number of halogens is 1. The highest BCUT2D eigenvalue weighted by atomic mass is 35.5. The molecule has 1 heterocycles. The summed E-state index contributed by atoms with van der Waals surface area (Å²) in [6.07, 6.45) is 6.35. The highest BCUT2D eigenvalue weighted by molar-refractivity contribution is 6.33. The molecule has 4 aliphatic rings. The summed E-state index contributed by atoms with van der Waals surface area (Å²) < 4.78 is 0. The molecule has 7 heteroatoms. The van der Waals surface area contributed by atoms with E-state index < -0.39 is 4.92 Å². The molecule has 3 fully saturated rings. The van der Waals surface area contributed by atoms with Gasteiger partial charge in [-0.25, -0.2) is 4.90 Å². The standard InChI is InChI=1S/C17H13ClN2O4/c18-11-4-1-8(7-12(11)20(23)24)19-15(21)13-9-2-3-10(14(13)16(19)22)17(9)5-6-17/h1-4,7,9-10,13-14H,5-6H2/t9-,10+,13-,14-/m1/s1. The average molecular weight is 345 g/mol. The number of nitrogens with zero attached hydrogens (tertiary/aromatic N) is 2. The van der Waals surface area contributed by atoms with Gasteiger partial charge in [-0.15, -0.1) is 0 Å². The first kappa shape index (κ1) is 14.2. The van der Waals surface area contributed by atoms with E-state index in [9.17, 15) is 19.7 Å². The van der Waals surface area contributed by atoms with Crippen molar-refractivity contribution < 1.29 is 14.5 Å². The van der Waals surface area contributed by atoms with E-state index >= 15 is 0 Å². The summed E-state index contributed by atoms with van der Waals surface area (Å²) in [4.78, 5) is 37.5. The van der Waals surface area contributed by atoms with Crippen molar-refractivity contribution in [3.05, 3.63) is 45.5 Å². The number of hydrogen-bond acceptors (Lipinski definition) is 4. The minimum absolute atomic E-state index is 0.0123. The fourth-order valence-electron chi connectivity index (χ4n) is 5.11. The largest absolute Gasteiger partial charge is 0.289 e. The summed E-state index contributed by atoms with van der Waals surface area (Å²) in [5, 5.41) is 11.1. The lowest BCUT2D eigenvalue weighted by Crippen LogP contribution is -2.34. The third-order valence-electron chi connectivity index (χ3n) is 6.24. The summed E-state index contributed by atoms with van der Waals surface area (Å²) in [7, 11) is 0. The van der Waals surface area contributed by atoms with Gasteiger partial charge in [0.25, 0.3) is 5.69 Å². The number of amides is 2. The van der Waals surface area contributed by atoms with Crippen LogP contribution < -0.4 is 4.90 Å². The third kappa shape index (κ3) is 1.48. The van der Waals surface area contributed by atoms with Crippen molar-refractivity contribution in [2.75, 3.05) is 4.90 Å². The van der Waals surface area contributed by atoms with Crippen LogP contribution in [0, 0.1) is 39.2 Å². The maximum atomic E-state index is 12.9. The Kier molecular flexibility index (Phi) is 2.51. The van der Waals surface area contributed by atoms with Crippen LogP contribution >= 0.6 is 11.6 Å². The molecule has 2 saturated carbocycles. The van der Waals surface area contributed by atoms with E-state index in [0.29, 0.717) is 0 Å². The molecule has 1 aliphatic heterocycles. The van der Waals surface area contributed by atoms with E-state index in [1.54, 1.807) is 0 Å². The lowest BCUT2D eigenvalue weighted by atomic mass is 9.85. The highest BCUT2D eigenvalue weighted by Gasteiger charge is 2.73. The molecule has 2 amide bonds. The molecule has 122 valence electrons. The smallest absolute Gasteiger partial charge is 0.274 e. The predicted octanol–water partition coefficient (Wildman–Crippen LogP) is 2.95. The quantitative estimate of drug-likeness (QED) is 0.357. The predicted molar refractivity (Wildman–Crippen MR) is 85.4 cm³/mol. The van der Waals surface area contributed by atoms with Gasteiger partial charge in [-0.2, -0.15) is 0 Å². The second kappa shape index (κ2) is 4.25. The van der Waals surface area contributed by atoms with E-state index in [0.717, 1.165) is 17.7 Å². The molecule has 24 heavy (non-hydrogen) atoms. The zero-order chi connectivity index (χ0) is 16.8. The Hall–Kier alpha value is -2.21. The number of nitro benzene ring substituents is 1. The molecule has 1 spiro atoms. The van der Waals surface area contributed by atoms with Crippen LogP contribution in [-0.2, 0) is 9.59 Å². The SMILES string of the molecule is O=C1[C@H]2[C@H](C(=O)N1c1ccc(Cl)c([N+](=O)[O-])c1)[C@@H]1C=C[C@H]2C12CC2. The van der Waals surface area contributed by atoms with Gasteiger partial charge in [-0.3, -0.25) is 19.7 Å². The zero-order valence-electron chi connectivity index (χ0n) is 12.5. The van der Waals surface area contributed by atoms with Crippen molar-refractivity contribution in [1.82, 2.24) is 0 Å². The van der Waals surface area contributed by atoms with Gasteiger partial charge in [-0.05, 0) is 42.2 Å². The molecule has 3 aliphatic carbocycles. The number of benzene rings is 1. The van der Waals surface area contributed by atoms with Gasteiger partial charge >= 0.3 is 0 Å². The monoisotopic (exact) mass is 344 g/mol. The normalized spacial score (nSPS) is 34.3. The number of carbonyl (C=O) groups excluding carboxylic acids is 2. The first-order chi connectivity index (χ1) is 11.5. The summed E-state index contributed by atoms with van der Waals surface area (Å²) in [6.45, 7) is 0. The Morgan fingerprint density at radius 1 is 1.12 bits per heavy atom.